The van der Waals surface area contributed by atoms with Crippen molar-refractivity contribution in [3.63, 3.8) is 0 Å². The van der Waals surface area contributed by atoms with Crippen molar-refractivity contribution in [1.82, 2.24) is 9.80 Å². The molecule has 2 rings (SSSR count). The van der Waals surface area contributed by atoms with E-state index in [1.165, 1.54) is 0 Å². The van der Waals surface area contributed by atoms with Crippen LogP contribution in [0.25, 0.3) is 0 Å². The summed E-state index contributed by atoms with van der Waals surface area (Å²) in [5.74, 6) is 1.62. The van der Waals surface area contributed by atoms with E-state index in [-0.39, 0.29) is 5.91 Å². The van der Waals surface area contributed by atoms with Crippen molar-refractivity contribution < 1.29 is 9.53 Å². The minimum Gasteiger partial charge on any atom is -0.494 e. The number of ether oxygens (including phenoxy) is 1. The Morgan fingerprint density at radius 2 is 1.76 bits per heavy atom. The van der Waals surface area contributed by atoms with Crippen LogP contribution in [0.2, 0.25) is 0 Å². The van der Waals surface area contributed by atoms with E-state index in [1.807, 2.05) is 36.1 Å². The van der Waals surface area contributed by atoms with Crippen LogP contribution in [0.3, 0.4) is 0 Å². The third-order valence-corrected chi connectivity index (χ3v) is 3.70. The van der Waals surface area contributed by atoms with Crippen molar-refractivity contribution in [2.45, 2.75) is 20.8 Å². The quantitative estimate of drug-likeness (QED) is 0.835. The maximum Gasteiger partial charge on any atom is 0.253 e. The highest BCUT2D eigenvalue weighted by atomic mass is 16.5. The number of benzene rings is 1. The maximum atomic E-state index is 12.5. The zero-order chi connectivity index (χ0) is 15.2. The predicted molar refractivity (Wildman–Crippen MR) is 84.8 cm³/mol. The fourth-order valence-corrected chi connectivity index (χ4v) is 2.69. The lowest BCUT2D eigenvalue weighted by molar-refractivity contribution is 0.0624. The van der Waals surface area contributed by atoms with Gasteiger partial charge in [0.15, 0.2) is 0 Å². The van der Waals surface area contributed by atoms with Crippen LogP contribution in [0.1, 0.15) is 31.1 Å². The Bertz CT molecular complexity index is 448. The molecule has 116 valence electrons. The number of carbonyl (C=O) groups is 1. The molecule has 0 unspecified atom stereocenters. The molecule has 0 aromatic heterocycles. The highest BCUT2D eigenvalue weighted by Gasteiger charge is 2.22. The first-order chi connectivity index (χ1) is 10.1. The zero-order valence-corrected chi connectivity index (χ0v) is 13.3. The summed E-state index contributed by atoms with van der Waals surface area (Å²) >= 11 is 0. The van der Waals surface area contributed by atoms with Gasteiger partial charge < -0.3 is 9.64 Å². The Morgan fingerprint density at radius 1 is 1.14 bits per heavy atom. The summed E-state index contributed by atoms with van der Waals surface area (Å²) in [6.07, 6.45) is 0. The smallest absolute Gasteiger partial charge is 0.253 e. The van der Waals surface area contributed by atoms with Crippen LogP contribution in [0.4, 0.5) is 0 Å². The molecule has 4 heteroatoms. The molecule has 0 radical (unpaired) electrons. The van der Waals surface area contributed by atoms with E-state index in [1.54, 1.807) is 0 Å². The molecule has 0 atom stereocenters. The minimum absolute atomic E-state index is 0.127. The topological polar surface area (TPSA) is 32.8 Å². The van der Waals surface area contributed by atoms with Gasteiger partial charge in [-0.1, -0.05) is 13.8 Å². The van der Waals surface area contributed by atoms with E-state index in [0.29, 0.717) is 12.5 Å². The molecular weight excluding hydrogens is 264 g/mol. The van der Waals surface area contributed by atoms with E-state index in [0.717, 1.165) is 44.0 Å². The highest BCUT2D eigenvalue weighted by Crippen LogP contribution is 2.15. The fraction of sp³-hybridized carbons (Fsp3) is 0.588. The van der Waals surface area contributed by atoms with Crippen LogP contribution < -0.4 is 4.74 Å². The lowest BCUT2D eigenvalue weighted by Gasteiger charge is -2.35. The molecule has 0 N–H and O–H groups in total. The van der Waals surface area contributed by atoms with Gasteiger partial charge in [-0.2, -0.15) is 0 Å². The van der Waals surface area contributed by atoms with Gasteiger partial charge in [0.2, 0.25) is 0 Å². The van der Waals surface area contributed by atoms with Crippen LogP contribution in [0.5, 0.6) is 5.75 Å². The minimum atomic E-state index is 0.127. The molecule has 21 heavy (non-hydrogen) atoms. The number of nitrogens with zero attached hydrogens (tertiary/aromatic N) is 2. The molecule has 0 aliphatic carbocycles. The summed E-state index contributed by atoms with van der Waals surface area (Å²) in [7, 11) is 0. The van der Waals surface area contributed by atoms with Crippen LogP contribution in [-0.4, -0.2) is 55.0 Å². The highest BCUT2D eigenvalue weighted by molar-refractivity contribution is 5.94. The summed E-state index contributed by atoms with van der Waals surface area (Å²) in [6.45, 7) is 11.8. The molecule has 0 spiro atoms. The van der Waals surface area contributed by atoms with Crippen molar-refractivity contribution in [2.24, 2.45) is 5.92 Å². The van der Waals surface area contributed by atoms with Crippen LogP contribution >= 0.6 is 0 Å². The van der Waals surface area contributed by atoms with Crippen molar-refractivity contribution in [3.8, 4) is 5.75 Å². The lowest BCUT2D eigenvalue weighted by Crippen LogP contribution is -2.49. The molecular formula is C17H26N2O2. The van der Waals surface area contributed by atoms with Gasteiger partial charge in [-0.3, -0.25) is 9.69 Å². The normalized spacial score (nSPS) is 16.3. The molecule has 1 amide bonds. The monoisotopic (exact) mass is 290 g/mol. The predicted octanol–water partition coefficient (Wildman–Crippen LogP) is 2.50. The standard InChI is InChI=1S/C17H26N2O2/c1-4-21-16-7-5-15(6-8-16)17(20)19-11-9-18(10-12-19)13-14(2)3/h5-8,14H,4,9-13H2,1-3H3. The number of hydrogen-bond donors (Lipinski definition) is 0. The van der Waals surface area contributed by atoms with Crippen molar-refractivity contribution in [1.29, 1.82) is 0 Å². The van der Waals surface area contributed by atoms with Gasteiger partial charge in [0.05, 0.1) is 6.61 Å². The summed E-state index contributed by atoms with van der Waals surface area (Å²) in [6, 6.07) is 7.44. The van der Waals surface area contributed by atoms with E-state index in [2.05, 4.69) is 18.7 Å². The average molecular weight is 290 g/mol. The molecule has 1 aliphatic rings. The Labute approximate surface area is 127 Å². The number of hydrogen-bond acceptors (Lipinski definition) is 3. The molecule has 1 aromatic rings. The molecule has 4 nitrogen and oxygen atoms in total. The van der Waals surface area contributed by atoms with Crippen molar-refractivity contribution >= 4 is 5.91 Å². The number of amides is 1. The Morgan fingerprint density at radius 3 is 2.29 bits per heavy atom. The van der Waals surface area contributed by atoms with Crippen molar-refractivity contribution in [2.75, 3.05) is 39.3 Å². The second kappa shape index (κ2) is 7.46. The first-order valence-electron chi connectivity index (χ1n) is 7.84. The summed E-state index contributed by atoms with van der Waals surface area (Å²) in [4.78, 5) is 16.9. The van der Waals surface area contributed by atoms with Gasteiger partial charge in [0.1, 0.15) is 5.75 Å². The van der Waals surface area contributed by atoms with Crippen LogP contribution in [-0.2, 0) is 0 Å². The summed E-state index contributed by atoms with van der Waals surface area (Å²) in [5, 5.41) is 0. The third-order valence-electron chi connectivity index (χ3n) is 3.70. The van der Waals surface area contributed by atoms with Gasteiger partial charge in [0.25, 0.3) is 5.91 Å². The molecule has 1 aromatic carbocycles. The van der Waals surface area contributed by atoms with E-state index in [9.17, 15) is 4.79 Å². The molecule has 1 aliphatic heterocycles. The van der Waals surface area contributed by atoms with Gasteiger partial charge in [-0.05, 0) is 37.1 Å². The van der Waals surface area contributed by atoms with Crippen LogP contribution in [0, 0.1) is 5.92 Å². The van der Waals surface area contributed by atoms with E-state index >= 15 is 0 Å². The average Bonchev–Trinajstić information content (AvgIpc) is 2.48. The van der Waals surface area contributed by atoms with Gasteiger partial charge in [-0.15, -0.1) is 0 Å². The number of piperazine rings is 1. The SMILES string of the molecule is CCOc1ccc(C(=O)N2CCN(CC(C)C)CC2)cc1. The molecule has 1 fully saturated rings. The maximum absolute atomic E-state index is 12.5. The summed E-state index contributed by atoms with van der Waals surface area (Å²) in [5.41, 5.74) is 0.746. The Balaban J connectivity index is 1.89. The molecule has 0 bridgehead atoms. The second-order valence-corrected chi connectivity index (χ2v) is 5.94. The molecule has 1 heterocycles. The third kappa shape index (κ3) is 4.46. The summed E-state index contributed by atoms with van der Waals surface area (Å²) < 4.78 is 5.41. The van der Waals surface area contributed by atoms with Crippen molar-refractivity contribution in [3.05, 3.63) is 29.8 Å². The largest absolute Gasteiger partial charge is 0.494 e. The van der Waals surface area contributed by atoms with Gasteiger partial charge in [-0.25, -0.2) is 0 Å². The number of rotatable bonds is 5. The Hall–Kier alpha value is -1.55. The zero-order valence-electron chi connectivity index (χ0n) is 13.3. The second-order valence-electron chi connectivity index (χ2n) is 5.94. The van der Waals surface area contributed by atoms with E-state index in [4.69, 9.17) is 4.74 Å². The fourth-order valence-electron chi connectivity index (χ4n) is 2.69. The van der Waals surface area contributed by atoms with E-state index < -0.39 is 0 Å². The first-order valence-corrected chi connectivity index (χ1v) is 7.84. The lowest BCUT2D eigenvalue weighted by atomic mass is 10.1. The molecule has 1 saturated heterocycles. The number of carbonyl (C=O) groups excluding carboxylic acids is 1. The molecule has 0 saturated carbocycles. The van der Waals surface area contributed by atoms with Crippen LogP contribution in [0.15, 0.2) is 24.3 Å². The Kier molecular flexibility index (Phi) is 5.62. The van der Waals surface area contributed by atoms with Gasteiger partial charge >= 0.3 is 0 Å². The van der Waals surface area contributed by atoms with Gasteiger partial charge in [0, 0.05) is 38.3 Å². The first kappa shape index (κ1) is 15.8.